The van der Waals surface area contributed by atoms with Gasteiger partial charge in [-0.15, -0.1) is 0 Å². The molecule has 0 spiro atoms. The Kier molecular flexibility index (Phi) is 12.8. The molecular formula is C34H41ClIN11O9. The van der Waals surface area contributed by atoms with Gasteiger partial charge >= 0.3 is 0 Å². The highest BCUT2D eigenvalue weighted by atomic mass is 127. The minimum Gasteiger partial charge on any atom is -0.495 e. The van der Waals surface area contributed by atoms with E-state index in [4.69, 9.17) is 26.8 Å². The number of rotatable bonds is 15. The number of carbonyl (C=O) groups excluding carboxylic acids is 2. The summed E-state index contributed by atoms with van der Waals surface area (Å²) in [6.07, 6.45) is -0.519. The number of nitrogen functional groups attached to an aromatic ring is 1. The van der Waals surface area contributed by atoms with Crippen molar-refractivity contribution in [2.75, 3.05) is 94.7 Å². The van der Waals surface area contributed by atoms with Crippen molar-refractivity contribution < 1.29 is 29.3 Å². The molecule has 0 radical (unpaired) electrons. The Hall–Kier alpha value is -4.81. The van der Waals surface area contributed by atoms with Gasteiger partial charge in [-0.25, -0.2) is 4.98 Å². The fourth-order valence-electron chi connectivity index (χ4n) is 6.38. The molecule has 6 rings (SSSR count). The molecule has 20 nitrogen and oxygen atoms in total. The maximum Gasteiger partial charge on any atom is 0.280 e. The van der Waals surface area contributed by atoms with Crippen molar-refractivity contribution in [3.05, 3.63) is 70.0 Å². The molecule has 2 amide bonds. The molecule has 8 N–H and O–H groups in total. The summed E-state index contributed by atoms with van der Waals surface area (Å²) in [7, 11) is 3.37. The van der Waals surface area contributed by atoms with Crippen LogP contribution in [-0.4, -0.2) is 148 Å². The van der Waals surface area contributed by atoms with Crippen LogP contribution < -0.4 is 42.8 Å². The number of ether oxygens (including phenoxy) is 2. The molecular weight excluding hydrogens is 869 g/mol. The van der Waals surface area contributed by atoms with Gasteiger partial charge in [-0.1, -0.05) is 17.7 Å². The number of H-pyrrole nitrogens is 1. The zero-order chi connectivity index (χ0) is 40.3. The largest absolute Gasteiger partial charge is 0.495 e. The third kappa shape index (κ3) is 8.76. The fourth-order valence-corrected chi connectivity index (χ4v) is 7.01. The van der Waals surface area contributed by atoms with Crippen molar-refractivity contribution in [1.82, 2.24) is 34.2 Å². The van der Waals surface area contributed by atoms with Crippen LogP contribution >= 0.6 is 34.2 Å². The van der Waals surface area contributed by atoms with Crippen LogP contribution in [0.25, 0.3) is 11.2 Å². The lowest BCUT2D eigenvalue weighted by Gasteiger charge is -2.34. The van der Waals surface area contributed by atoms with E-state index >= 15 is 0 Å². The number of carbonyl (C=O) groups is 2. The minimum atomic E-state index is -1.43. The number of hydrogen-bond acceptors (Lipinski definition) is 16. The summed E-state index contributed by atoms with van der Waals surface area (Å²) >= 11 is 8.27. The maximum atomic E-state index is 12.8. The number of likely N-dealkylation sites (N-methyl/N-ethyl adjacent to an activating group) is 1. The SMILES string of the molecule is COc1cc(Cl)c(I)cc1NCC(=O)N1CCN(C(=O)/C=C/CN(C)CCNc2c(NC[C@H]3O[C@@H](n4cnc5c(=O)[nH]c(N)nc54)[C@H](O)[C@@H]3O)c(=O)c2=O)CC1. The topological polar surface area (TPSA) is 263 Å². The molecule has 2 saturated heterocycles. The first-order valence-electron chi connectivity index (χ1n) is 17.5. The molecule has 4 aromatic rings. The lowest BCUT2D eigenvalue weighted by Crippen LogP contribution is -2.51. The predicted octanol–water partition coefficient (Wildman–Crippen LogP) is -1.02. The molecule has 22 heteroatoms. The molecule has 2 aromatic carbocycles. The van der Waals surface area contributed by atoms with Gasteiger partial charge in [0.15, 0.2) is 17.4 Å². The Morgan fingerprint density at radius 3 is 2.52 bits per heavy atom. The first-order chi connectivity index (χ1) is 26.8. The van der Waals surface area contributed by atoms with Gasteiger partial charge in [0.05, 0.1) is 30.7 Å². The first kappa shape index (κ1) is 40.8. The summed E-state index contributed by atoms with van der Waals surface area (Å²) in [4.78, 5) is 78.2. The van der Waals surface area contributed by atoms with E-state index in [-0.39, 0.29) is 53.4 Å². The highest BCUT2D eigenvalue weighted by Gasteiger charge is 2.44. The molecule has 300 valence electrons. The summed E-state index contributed by atoms with van der Waals surface area (Å²) < 4.78 is 13.3. The summed E-state index contributed by atoms with van der Waals surface area (Å²) in [5.41, 5.74) is 4.45. The number of nitrogens with one attached hydrogen (secondary N) is 4. The number of aromatic amines is 1. The number of hydrogen-bond donors (Lipinski definition) is 7. The van der Waals surface area contributed by atoms with Crippen molar-refractivity contribution in [1.29, 1.82) is 0 Å². The third-order valence-corrected chi connectivity index (χ3v) is 11.1. The predicted molar refractivity (Wildman–Crippen MR) is 216 cm³/mol. The Labute approximate surface area is 337 Å². The van der Waals surface area contributed by atoms with Crippen LogP contribution in [0.1, 0.15) is 6.23 Å². The zero-order valence-electron chi connectivity index (χ0n) is 30.3. The van der Waals surface area contributed by atoms with Crippen LogP contribution in [0.3, 0.4) is 0 Å². The Balaban J connectivity index is 0.908. The number of fused-ring (bicyclic) bond motifs is 1. The van der Waals surface area contributed by atoms with Crippen LogP contribution in [-0.2, 0) is 14.3 Å². The molecule has 0 bridgehead atoms. The van der Waals surface area contributed by atoms with Crippen LogP contribution in [0.15, 0.2) is 45.0 Å². The summed E-state index contributed by atoms with van der Waals surface area (Å²) in [5, 5.41) is 30.9. The van der Waals surface area contributed by atoms with E-state index in [9.17, 15) is 34.2 Å². The molecule has 4 atom stereocenters. The molecule has 2 fully saturated rings. The van der Waals surface area contributed by atoms with Gasteiger partial charge in [0, 0.05) is 68.1 Å². The number of halogens is 2. The Morgan fingerprint density at radius 1 is 1.11 bits per heavy atom. The second kappa shape index (κ2) is 17.5. The number of aromatic nitrogens is 4. The van der Waals surface area contributed by atoms with Gasteiger partial charge in [0.25, 0.3) is 16.4 Å². The maximum absolute atomic E-state index is 12.8. The number of aliphatic hydroxyl groups is 2. The monoisotopic (exact) mass is 909 g/mol. The average molecular weight is 910 g/mol. The van der Waals surface area contributed by atoms with E-state index in [1.54, 1.807) is 21.9 Å². The van der Waals surface area contributed by atoms with Crippen molar-refractivity contribution in [2.24, 2.45) is 0 Å². The molecule has 0 aliphatic carbocycles. The van der Waals surface area contributed by atoms with Crippen molar-refractivity contribution in [3.63, 3.8) is 0 Å². The van der Waals surface area contributed by atoms with E-state index in [1.807, 2.05) is 18.0 Å². The van der Waals surface area contributed by atoms with E-state index in [0.29, 0.717) is 62.3 Å². The molecule has 2 aliphatic rings. The van der Waals surface area contributed by atoms with Crippen molar-refractivity contribution in [2.45, 2.75) is 24.5 Å². The van der Waals surface area contributed by atoms with E-state index in [0.717, 1.165) is 3.57 Å². The van der Waals surface area contributed by atoms with Gasteiger partial charge in [-0.2, -0.15) is 4.98 Å². The highest BCUT2D eigenvalue weighted by Crippen LogP contribution is 2.33. The Morgan fingerprint density at radius 2 is 1.80 bits per heavy atom. The smallest absolute Gasteiger partial charge is 0.280 e. The number of nitrogens with two attached hydrogens (primary N) is 1. The second-order valence-electron chi connectivity index (χ2n) is 13.2. The van der Waals surface area contributed by atoms with Gasteiger partial charge in [-0.3, -0.25) is 33.5 Å². The van der Waals surface area contributed by atoms with Crippen LogP contribution in [0.5, 0.6) is 5.75 Å². The molecule has 56 heavy (non-hydrogen) atoms. The van der Waals surface area contributed by atoms with Gasteiger partial charge in [0.1, 0.15) is 35.4 Å². The van der Waals surface area contributed by atoms with E-state index < -0.39 is 41.0 Å². The van der Waals surface area contributed by atoms with Gasteiger partial charge in [-0.05, 0) is 35.7 Å². The van der Waals surface area contributed by atoms with Gasteiger partial charge < -0.3 is 56.1 Å². The van der Waals surface area contributed by atoms with Gasteiger partial charge in [0.2, 0.25) is 17.8 Å². The fraction of sp³-hybridized carbons (Fsp3) is 0.441. The van der Waals surface area contributed by atoms with Crippen molar-refractivity contribution in [3.8, 4) is 5.75 Å². The number of piperazine rings is 1. The number of methoxy groups -OCH3 is 1. The number of imidazole rings is 1. The quantitative estimate of drug-likeness (QED) is 0.0428. The van der Waals surface area contributed by atoms with Crippen molar-refractivity contribution >= 4 is 80.2 Å². The lowest BCUT2D eigenvalue weighted by atomic mass is 10.1. The normalized spacial score (nSPS) is 20.1. The number of benzene rings is 1. The minimum absolute atomic E-state index is 0.0283. The molecule has 2 aromatic heterocycles. The zero-order valence-corrected chi connectivity index (χ0v) is 33.2. The summed E-state index contributed by atoms with van der Waals surface area (Å²) in [6, 6.07) is 3.50. The number of amides is 2. The lowest BCUT2D eigenvalue weighted by molar-refractivity contribution is -0.135. The second-order valence-corrected chi connectivity index (χ2v) is 14.8. The molecule has 0 saturated carbocycles. The molecule has 4 heterocycles. The first-order valence-corrected chi connectivity index (χ1v) is 19.0. The van der Waals surface area contributed by atoms with Crippen LogP contribution in [0, 0.1) is 3.57 Å². The van der Waals surface area contributed by atoms with E-state index in [2.05, 4.69) is 53.5 Å². The number of nitrogens with zero attached hydrogens (tertiary/aromatic N) is 6. The summed E-state index contributed by atoms with van der Waals surface area (Å²) in [6.45, 7) is 2.77. The summed E-state index contributed by atoms with van der Waals surface area (Å²) in [5.74, 6) is 0.118. The Bertz CT molecular complexity index is 2250. The molecule has 0 unspecified atom stereocenters. The van der Waals surface area contributed by atoms with Crippen LogP contribution in [0.4, 0.5) is 23.0 Å². The molecule has 2 aliphatic heterocycles. The standard InChI is InChI=1S/C34H41ClIN11O9/c1-44(6-3-4-22(48)45-8-10-46(11-9-45)23(49)15-39-19-13-18(36)17(35)12-20(19)55-2)7-5-38-24-25(29(52)28(24)51)40-14-21-27(50)30(53)33(56-21)47-16-41-26-31(47)42-34(37)43-32(26)54/h3-4,12-13,16,21,27,30,33,38-40,50,53H,5-11,14-15H2,1-2H3,(H3,37,42,43,54)/b4-3+/t21-,27-,30-,33-/m1/s1. The van der Waals surface area contributed by atoms with Crippen LogP contribution in [0.2, 0.25) is 5.02 Å². The number of aliphatic hydroxyl groups excluding tert-OH is 2. The number of anilines is 4. The van der Waals surface area contributed by atoms with E-state index in [1.165, 1.54) is 24.1 Å². The average Bonchev–Trinajstić information content (AvgIpc) is 3.73. The third-order valence-electron chi connectivity index (χ3n) is 9.54. The highest BCUT2D eigenvalue weighted by molar-refractivity contribution is 14.1.